The molecule has 0 saturated heterocycles. The van der Waals surface area contributed by atoms with Crippen LogP contribution >= 0.6 is 15.9 Å². The van der Waals surface area contributed by atoms with Gasteiger partial charge in [0.05, 0.1) is 17.9 Å². The number of hydrogen-bond acceptors (Lipinski definition) is 2. The number of rotatable bonds is 1. The van der Waals surface area contributed by atoms with Gasteiger partial charge in [-0.25, -0.2) is 0 Å². The highest BCUT2D eigenvalue weighted by Crippen LogP contribution is 2.39. The molecule has 1 heterocycles. The lowest BCUT2D eigenvalue weighted by Gasteiger charge is -2.39. The lowest BCUT2D eigenvalue weighted by Crippen LogP contribution is -2.47. The molecule has 1 saturated carbocycles. The summed E-state index contributed by atoms with van der Waals surface area (Å²) in [6.07, 6.45) is 5.00. The first kappa shape index (κ1) is 12.0. The van der Waals surface area contributed by atoms with Gasteiger partial charge in [-0.05, 0) is 31.0 Å². The Morgan fingerprint density at radius 1 is 1.22 bits per heavy atom. The summed E-state index contributed by atoms with van der Waals surface area (Å²) in [5.41, 5.74) is 2.22. The molecule has 0 bridgehead atoms. The molecule has 96 valence electrons. The topological polar surface area (TPSA) is 23.6 Å². The van der Waals surface area contributed by atoms with Gasteiger partial charge in [-0.15, -0.1) is 0 Å². The Morgan fingerprint density at radius 3 is 2.67 bits per heavy atom. The average molecular weight is 309 g/mol. The molecular weight excluding hydrogens is 292 g/mol. The third-order valence-corrected chi connectivity index (χ3v) is 4.55. The summed E-state index contributed by atoms with van der Waals surface area (Å²) >= 11 is 3.53. The van der Waals surface area contributed by atoms with E-state index in [1.807, 2.05) is 19.2 Å². The second kappa shape index (κ2) is 4.57. The van der Waals surface area contributed by atoms with Crippen LogP contribution in [0.2, 0.25) is 0 Å². The van der Waals surface area contributed by atoms with Gasteiger partial charge in [0.1, 0.15) is 0 Å². The average Bonchev–Trinajstić information content (AvgIpc) is 2.87. The number of carbonyl (C=O) groups is 1. The molecule has 0 atom stereocenters. The maximum atomic E-state index is 12.1. The summed E-state index contributed by atoms with van der Waals surface area (Å²) in [5.74, 6) is 0.191. The van der Waals surface area contributed by atoms with Gasteiger partial charge >= 0.3 is 0 Å². The molecule has 1 aliphatic heterocycles. The van der Waals surface area contributed by atoms with Crippen molar-refractivity contribution in [3.8, 4) is 0 Å². The highest BCUT2D eigenvalue weighted by atomic mass is 79.9. The number of carbonyl (C=O) groups excluding carboxylic acids is 1. The minimum atomic E-state index is 0.191. The SMILES string of the molecule is CN1C(=O)CN(C2CCCC2)c2cc(Br)ccc21. The minimum absolute atomic E-state index is 0.191. The summed E-state index contributed by atoms with van der Waals surface area (Å²) in [6, 6.07) is 6.70. The predicted octanol–water partition coefficient (Wildman–Crippen LogP) is 3.17. The predicted molar refractivity (Wildman–Crippen MR) is 77.2 cm³/mol. The van der Waals surface area contributed by atoms with Gasteiger partial charge in [0.15, 0.2) is 0 Å². The zero-order valence-corrected chi connectivity index (χ0v) is 12.1. The van der Waals surface area contributed by atoms with Gasteiger partial charge in [0, 0.05) is 17.6 Å². The van der Waals surface area contributed by atoms with Crippen LogP contribution in [0.1, 0.15) is 25.7 Å². The van der Waals surface area contributed by atoms with Crippen LogP contribution in [0.25, 0.3) is 0 Å². The fourth-order valence-corrected chi connectivity index (χ4v) is 3.37. The number of nitrogens with zero attached hydrogens (tertiary/aromatic N) is 2. The third-order valence-electron chi connectivity index (χ3n) is 4.05. The van der Waals surface area contributed by atoms with Gasteiger partial charge in [0.25, 0.3) is 0 Å². The van der Waals surface area contributed by atoms with Crippen molar-refractivity contribution in [3.63, 3.8) is 0 Å². The first-order valence-corrected chi connectivity index (χ1v) is 7.29. The van der Waals surface area contributed by atoms with E-state index in [1.54, 1.807) is 4.90 Å². The molecule has 1 aromatic carbocycles. The van der Waals surface area contributed by atoms with Crippen LogP contribution in [0.15, 0.2) is 22.7 Å². The minimum Gasteiger partial charge on any atom is -0.358 e. The zero-order chi connectivity index (χ0) is 12.7. The molecule has 1 aliphatic carbocycles. The number of benzene rings is 1. The van der Waals surface area contributed by atoms with Crippen molar-refractivity contribution in [2.24, 2.45) is 0 Å². The second-order valence-corrected chi connectivity index (χ2v) is 6.07. The van der Waals surface area contributed by atoms with Crippen molar-refractivity contribution >= 4 is 33.2 Å². The van der Waals surface area contributed by atoms with Crippen molar-refractivity contribution in [1.82, 2.24) is 0 Å². The van der Waals surface area contributed by atoms with Gasteiger partial charge in [0.2, 0.25) is 5.91 Å². The molecule has 3 rings (SSSR count). The lowest BCUT2D eigenvalue weighted by atomic mass is 10.1. The van der Waals surface area contributed by atoms with Crippen LogP contribution in [0.3, 0.4) is 0 Å². The molecule has 4 heteroatoms. The van der Waals surface area contributed by atoms with Crippen molar-refractivity contribution in [3.05, 3.63) is 22.7 Å². The molecule has 1 fully saturated rings. The van der Waals surface area contributed by atoms with E-state index in [4.69, 9.17) is 0 Å². The molecular formula is C14H17BrN2O. The molecule has 2 aliphatic rings. The number of hydrogen-bond donors (Lipinski definition) is 0. The number of halogens is 1. The standard InChI is InChI=1S/C14H17BrN2O/c1-16-12-7-6-10(15)8-13(12)17(9-14(16)18)11-4-2-3-5-11/h6-8,11H,2-5,9H2,1H3. The highest BCUT2D eigenvalue weighted by Gasteiger charge is 2.32. The van der Waals surface area contributed by atoms with Crippen molar-refractivity contribution in [2.45, 2.75) is 31.7 Å². The molecule has 1 aromatic rings. The van der Waals surface area contributed by atoms with Crippen LogP contribution in [-0.4, -0.2) is 25.5 Å². The number of anilines is 2. The second-order valence-electron chi connectivity index (χ2n) is 5.15. The number of likely N-dealkylation sites (N-methyl/N-ethyl adjacent to an activating group) is 1. The summed E-state index contributed by atoms with van der Waals surface area (Å²) in [4.78, 5) is 16.2. The van der Waals surface area contributed by atoms with E-state index < -0.39 is 0 Å². The van der Waals surface area contributed by atoms with Crippen LogP contribution in [0.4, 0.5) is 11.4 Å². The molecule has 3 nitrogen and oxygen atoms in total. The molecule has 0 aromatic heterocycles. The Morgan fingerprint density at radius 2 is 1.94 bits per heavy atom. The first-order valence-electron chi connectivity index (χ1n) is 6.49. The molecule has 0 unspecified atom stereocenters. The quantitative estimate of drug-likeness (QED) is 0.795. The van der Waals surface area contributed by atoms with E-state index >= 15 is 0 Å². The molecule has 0 spiro atoms. The Labute approximate surface area is 116 Å². The number of amides is 1. The van der Waals surface area contributed by atoms with E-state index in [2.05, 4.69) is 26.9 Å². The molecule has 1 amide bonds. The van der Waals surface area contributed by atoms with Crippen LogP contribution in [-0.2, 0) is 4.79 Å². The van der Waals surface area contributed by atoms with E-state index in [9.17, 15) is 4.79 Å². The lowest BCUT2D eigenvalue weighted by molar-refractivity contribution is -0.117. The Hall–Kier alpha value is -1.03. The zero-order valence-electron chi connectivity index (χ0n) is 10.5. The fourth-order valence-electron chi connectivity index (χ4n) is 3.02. The maximum absolute atomic E-state index is 12.1. The van der Waals surface area contributed by atoms with Crippen LogP contribution < -0.4 is 9.80 Å². The summed E-state index contributed by atoms with van der Waals surface area (Å²) in [5, 5.41) is 0. The monoisotopic (exact) mass is 308 g/mol. The first-order chi connectivity index (χ1) is 8.66. The fraction of sp³-hybridized carbons (Fsp3) is 0.500. The third kappa shape index (κ3) is 1.92. The Bertz CT molecular complexity index is 483. The van der Waals surface area contributed by atoms with Crippen LogP contribution in [0.5, 0.6) is 0 Å². The van der Waals surface area contributed by atoms with Crippen molar-refractivity contribution in [1.29, 1.82) is 0 Å². The normalized spacial score (nSPS) is 20.4. The summed E-state index contributed by atoms with van der Waals surface area (Å²) < 4.78 is 1.08. The van der Waals surface area contributed by atoms with Crippen molar-refractivity contribution in [2.75, 3.05) is 23.4 Å². The summed E-state index contributed by atoms with van der Waals surface area (Å²) in [6.45, 7) is 0.518. The highest BCUT2D eigenvalue weighted by molar-refractivity contribution is 9.10. The largest absolute Gasteiger partial charge is 0.358 e. The smallest absolute Gasteiger partial charge is 0.246 e. The van der Waals surface area contributed by atoms with E-state index in [0.717, 1.165) is 10.2 Å². The Kier molecular flexibility index (Phi) is 3.06. The van der Waals surface area contributed by atoms with E-state index in [0.29, 0.717) is 12.6 Å². The maximum Gasteiger partial charge on any atom is 0.246 e. The Balaban J connectivity index is 2.04. The van der Waals surface area contributed by atoms with Crippen LogP contribution in [0, 0.1) is 0 Å². The molecule has 0 N–H and O–H groups in total. The molecule has 18 heavy (non-hydrogen) atoms. The van der Waals surface area contributed by atoms with Gasteiger partial charge < -0.3 is 9.80 Å². The van der Waals surface area contributed by atoms with Gasteiger partial charge in [-0.3, -0.25) is 4.79 Å². The molecule has 0 radical (unpaired) electrons. The van der Waals surface area contributed by atoms with E-state index in [1.165, 1.54) is 31.4 Å². The number of fused-ring (bicyclic) bond motifs is 1. The van der Waals surface area contributed by atoms with E-state index in [-0.39, 0.29) is 5.91 Å². The summed E-state index contributed by atoms with van der Waals surface area (Å²) in [7, 11) is 1.86. The van der Waals surface area contributed by atoms with Crippen molar-refractivity contribution < 1.29 is 4.79 Å². The van der Waals surface area contributed by atoms with Gasteiger partial charge in [-0.2, -0.15) is 0 Å². The van der Waals surface area contributed by atoms with Gasteiger partial charge in [-0.1, -0.05) is 28.8 Å².